The van der Waals surface area contributed by atoms with E-state index in [0.29, 0.717) is 0 Å². The van der Waals surface area contributed by atoms with Gasteiger partial charge in [-0.05, 0) is 41.8 Å². The van der Waals surface area contributed by atoms with Gasteiger partial charge in [-0.25, -0.2) is 4.99 Å². The summed E-state index contributed by atoms with van der Waals surface area (Å²) >= 11 is 0. The first-order chi connectivity index (χ1) is 15.2. The highest BCUT2D eigenvalue weighted by molar-refractivity contribution is 5.78. The van der Waals surface area contributed by atoms with Crippen molar-refractivity contribution in [3.05, 3.63) is 89.3 Å². The Hall–Kier alpha value is -3.53. The van der Waals surface area contributed by atoms with Gasteiger partial charge in [0.05, 0.1) is 25.7 Å². The molecule has 4 nitrogen and oxygen atoms in total. The molecule has 0 fully saturated rings. The van der Waals surface area contributed by atoms with Crippen LogP contribution in [0.5, 0.6) is 11.5 Å². The Kier molecular flexibility index (Phi) is 6.37. The van der Waals surface area contributed by atoms with Gasteiger partial charge in [-0.2, -0.15) is 0 Å². The molecule has 0 amide bonds. The minimum atomic E-state index is 0.745. The first-order valence-corrected chi connectivity index (χ1v) is 10.6. The lowest BCUT2D eigenvalue weighted by Gasteiger charge is -2.08. The van der Waals surface area contributed by atoms with Gasteiger partial charge in [0.25, 0.3) is 0 Å². The van der Waals surface area contributed by atoms with E-state index in [1.165, 1.54) is 11.1 Å². The average molecular weight is 415 g/mol. The standard InChI is InChI=1S/C27H27NO3/c1-4-19-10-12-24-22(16-19)23(18-26(31-24)21-8-6-5-7-9-21)28-15-14-20-11-13-25(29-2)27(17-20)30-3/h5-13,16-18H,4,14-15H2,1-3H3/p+1. The number of ether oxygens (including phenoxy) is 2. The SMILES string of the molecule is CCc1ccc2oc(-c3ccccc3)cc(=[NH+]CCc3ccc(OC)c(OC)c3)c2c1. The lowest BCUT2D eigenvalue weighted by molar-refractivity contribution is -0.498. The fraction of sp³-hybridized carbons (Fsp3) is 0.222. The van der Waals surface area contributed by atoms with Crippen molar-refractivity contribution in [1.82, 2.24) is 0 Å². The Morgan fingerprint density at radius 1 is 0.806 bits per heavy atom. The predicted molar refractivity (Wildman–Crippen MR) is 123 cm³/mol. The summed E-state index contributed by atoms with van der Waals surface area (Å²) < 4.78 is 17.0. The number of nitrogens with one attached hydrogen (secondary N) is 1. The second kappa shape index (κ2) is 9.52. The minimum absolute atomic E-state index is 0.745. The molecule has 3 aromatic carbocycles. The number of aryl methyl sites for hydroxylation is 1. The van der Waals surface area contributed by atoms with E-state index < -0.39 is 0 Å². The highest BCUT2D eigenvalue weighted by atomic mass is 16.5. The zero-order valence-electron chi connectivity index (χ0n) is 18.3. The van der Waals surface area contributed by atoms with E-state index in [0.717, 1.165) is 58.5 Å². The average Bonchev–Trinajstić information content (AvgIpc) is 2.84. The van der Waals surface area contributed by atoms with Crippen LogP contribution in [0, 0.1) is 0 Å². The normalized spacial score (nSPS) is 11.6. The van der Waals surface area contributed by atoms with Crippen molar-refractivity contribution in [3.8, 4) is 22.8 Å². The van der Waals surface area contributed by atoms with E-state index in [9.17, 15) is 0 Å². The first-order valence-electron chi connectivity index (χ1n) is 10.6. The molecule has 0 bridgehead atoms. The smallest absolute Gasteiger partial charge is 0.213 e. The van der Waals surface area contributed by atoms with Crippen molar-refractivity contribution in [2.75, 3.05) is 20.8 Å². The van der Waals surface area contributed by atoms with Crippen LogP contribution >= 0.6 is 0 Å². The molecular weight excluding hydrogens is 386 g/mol. The van der Waals surface area contributed by atoms with Crippen molar-refractivity contribution in [2.24, 2.45) is 0 Å². The molecule has 4 heteroatoms. The van der Waals surface area contributed by atoms with Gasteiger partial charge in [-0.1, -0.05) is 49.4 Å². The van der Waals surface area contributed by atoms with Crippen LogP contribution in [0.4, 0.5) is 0 Å². The van der Waals surface area contributed by atoms with Crippen LogP contribution in [0.15, 0.2) is 77.2 Å². The molecule has 0 radical (unpaired) electrons. The number of benzene rings is 3. The largest absolute Gasteiger partial charge is 0.493 e. The van der Waals surface area contributed by atoms with E-state index >= 15 is 0 Å². The van der Waals surface area contributed by atoms with Crippen molar-refractivity contribution >= 4 is 11.0 Å². The second-order valence-electron chi connectivity index (χ2n) is 7.44. The summed E-state index contributed by atoms with van der Waals surface area (Å²) in [5.41, 5.74) is 4.42. The molecule has 31 heavy (non-hydrogen) atoms. The Morgan fingerprint density at radius 3 is 2.32 bits per heavy atom. The molecule has 0 spiro atoms. The Bertz CT molecular complexity index is 1240. The maximum atomic E-state index is 6.24. The van der Waals surface area contributed by atoms with Gasteiger partial charge in [0.15, 0.2) is 11.5 Å². The van der Waals surface area contributed by atoms with Crippen molar-refractivity contribution in [1.29, 1.82) is 0 Å². The topological polar surface area (TPSA) is 45.6 Å². The van der Waals surface area contributed by atoms with E-state index in [1.54, 1.807) is 14.2 Å². The molecule has 0 atom stereocenters. The highest BCUT2D eigenvalue weighted by Crippen LogP contribution is 2.27. The van der Waals surface area contributed by atoms with E-state index in [2.05, 4.69) is 54.4 Å². The molecule has 158 valence electrons. The zero-order chi connectivity index (χ0) is 21.6. The fourth-order valence-electron chi connectivity index (χ4n) is 3.72. The van der Waals surface area contributed by atoms with Crippen molar-refractivity contribution in [3.63, 3.8) is 0 Å². The number of hydrogen-bond donors (Lipinski definition) is 1. The molecule has 0 saturated heterocycles. The monoisotopic (exact) mass is 414 g/mol. The van der Waals surface area contributed by atoms with Gasteiger partial charge in [-0.15, -0.1) is 0 Å². The third-order valence-corrected chi connectivity index (χ3v) is 5.47. The first kappa shape index (κ1) is 20.7. The van der Waals surface area contributed by atoms with E-state index in [1.807, 2.05) is 30.3 Å². The zero-order valence-corrected chi connectivity index (χ0v) is 18.3. The summed E-state index contributed by atoms with van der Waals surface area (Å²) in [7, 11) is 3.31. The van der Waals surface area contributed by atoms with Crippen LogP contribution in [0.25, 0.3) is 22.3 Å². The second-order valence-corrected chi connectivity index (χ2v) is 7.44. The van der Waals surface area contributed by atoms with Gasteiger partial charge >= 0.3 is 0 Å². The van der Waals surface area contributed by atoms with Gasteiger partial charge in [-0.3, -0.25) is 0 Å². The number of fused-ring (bicyclic) bond motifs is 1. The highest BCUT2D eigenvalue weighted by Gasteiger charge is 2.10. The van der Waals surface area contributed by atoms with Crippen LogP contribution < -0.4 is 19.8 Å². The van der Waals surface area contributed by atoms with Crippen molar-refractivity contribution < 1.29 is 18.9 Å². The molecule has 0 saturated carbocycles. The fourth-order valence-corrected chi connectivity index (χ4v) is 3.72. The molecule has 0 aliphatic heterocycles. The number of methoxy groups -OCH3 is 2. The van der Waals surface area contributed by atoms with Crippen LogP contribution in [0.1, 0.15) is 18.1 Å². The summed E-state index contributed by atoms with van der Waals surface area (Å²) in [6.45, 7) is 2.96. The van der Waals surface area contributed by atoms with Crippen LogP contribution in [-0.2, 0) is 12.8 Å². The van der Waals surface area contributed by atoms with Gasteiger partial charge in [0.1, 0.15) is 17.9 Å². The Labute approximate surface area is 182 Å². The van der Waals surface area contributed by atoms with Crippen molar-refractivity contribution in [2.45, 2.75) is 19.8 Å². The quantitative estimate of drug-likeness (QED) is 0.499. The summed E-state index contributed by atoms with van der Waals surface area (Å²) in [5.74, 6) is 2.35. The number of hydrogen-bond acceptors (Lipinski definition) is 3. The molecule has 4 aromatic rings. The summed E-state index contributed by atoms with van der Waals surface area (Å²) in [6, 6.07) is 24.8. The predicted octanol–water partition coefficient (Wildman–Crippen LogP) is 3.90. The molecule has 4 rings (SSSR count). The molecule has 1 N–H and O–H groups in total. The molecule has 1 heterocycles. The third kappa shape index (κ3) is 4.64. The van der Waals surface area contributed by atoms with Crippen LogP contribution in [0.2, 0.25) is 0 Å². The van der Waals surface area contributed by atoms with Gasteiger partial charge in [0, 0.05) is 12.0 Å². The molecule has 0 aliphatic rings. The Balaban J connectivity index is 1.71. The lowest BCUT2D eigenvalue weighted by Crippen LogP contribution is -2.77. The molecular formula is C27H28NO3+. The molecule has 0 aliphatic carbocycles. The van der Waals surface area contributed by atoms with Gasteiger partial charge < -0.3 is 13.9 Å². The van der Waals surface area contributed by atoms with Gasteiger partial charge in [0.2, 0.25) is 5.36 Å². The third-order valence-electron chi connectivity index (χ3n) is 5.47. The lowest BCUT2D eigenvalue weighted by atomic mass is 10.1. The summed E-state index contributed by atoms with van der Waals surface area (Å²) in [4.78, 5) is 3.63. The van der Waals surface area contributed by atoms with E-state index in [-0.39, 0.29) is 0 Å². The summed E-state index contributed by atoms with van der Waals surface area (Å²) in [6.07, 6.45) is 1.85. The van der Waals surface area contributed by atoms with E-state index in [4.69, 9.17) is 13.9 Å². The Morgan fingerprint density at radius 2 is 1.58 bits per heavy atom. The summed E-state index contributed by atoms with van der Waals surface area (Å²) in [5, 5.41) is 2.18. The number of rotatable bonds is 7. The molecule has 1 aromatic heterocycles. The maximum Gasteiger partial charge on any atom is 0.213 e. The van der Waals surface area contributed by atoms with Crippen LogP contribution in [0.3, 0.4) is 0 Å². The maximum absolute atomic E-state index is 6.24. The molecule has 0 unspecified atom stereocenters. The van der Waals surface area contributed by atoms with Crippen LogP contribution in [-0.4, -0.2) is 20.8 Å². The minimum Gasteiger partial charge on any atom is -0.493 e.